The number of aromatic nitrogens is 3. The molecular weight excluding hydrogens is 352 g/mol. The van der Waals surface area contributed by atoms with Gasteiger partial charge in [0.1, 0.15) is 18.4 Å². The van der Waals surface area contributed by atoms with Gasteiger partial charge in [0.15, 0.2) is 6.61 Å². The summed E-state index contributed by atoms with van der Waals surface area (Å²) >= 11 is 5.91. The number of ether oxygens (including phenoxy) is 1. The minimum atomic E-state index is -0.175. The zero-order valence-corrected chi connectivity index (χ0v) is 15.1. The molecule has 0 atom stereocenters. The van der Waals surface area contributed by atoms with Crippen LogP contribution in [0.2, 0.25) is 5.02 Å². The molecule has 1 heterocycles. The molecule has 26 heavy (non-hydrogen) atoms. The second kappa shape index (κ2) is 8.49. The summed E-state index contributed by atoms with van der Waals surface area (Å²) in [5, 5.41) is 7.57. The fraction of sp³-hybridized carbons (Fsp3) is 0.211. The van der Waals surface area contributed by atoms with E-state index < -0.39 is 0 Å². The number of amides is 1. The SMILES string of the molecule is Cc1cc(Cl)ccc1OCC(=O)NCc1ccc(Cn2cncn2)cc1. The summed E-state index contributed by atoms with van der Waals surface area (Å²) < 4.78 is 7.29. The van der Waals surface area contributed by atoms with E-state index in [1.165, 1.54) is 6.33 Å². The number of hydrogen-bond acceptors (Lipinski definition) is 4. The molecule has 1 aromatic heterocycles. The van der Waals surface area contributed by atoms with Gasteiger partial charge in [-0.05, 0) is 41.8 Å². The van der Waals surface area contributed by atoms with E-state index in [2.05, 4.69) is 15.4 Å². The number of rotatable bonds is 7. The Morgan fingerprint density at radius 2 is 1.96 bits per heavy atom. The van der Waals surface area contributed by atoms with E-state index in [4.69, 9.17) is 16.3 Å². The Hall–Kier alpha value is -2.86. The summed E-state index contributed by atoms with van der Waals surface area (Å²) in [6.07, 6.45) is 3.19. The number of halogens is 1. The highest BCUT2D eigenvalue weighted by molar-refractivity contribution is 6.30. The molecule has 1 amide bonds. The predicted octanol–water partition coefficient (Wildman–Crippen LogP) is 2.98. The monoisotopic (exact) mass is 370 g/mol. The molecule has 0 unspecified atom stereocenters. The molecule has 0 bridgehead atoms. The average molecular weight is 371 g/mol. The Bertz CT molecular complexity index is 864. The van der Waals surface area contributed by atoms with Crippen molar-refractivity contribution in [3.8, 4) is 5.75 Å². The Balaban J connectivity index is 1.45. The van der Waals surface area contributed by atoms with Crippen LogP contribution >= 0.6 is 11.6 Å². The molecule has 134 valence electrons. The maximum absolute atomic E-state index is 12.0. The molecule has 3 rings (SSSR count). The number of nitrogens with zero attached hydrogens (tertiary/aromatic N) is 3. The first-order chi connectivity index (χ1) is 12.6. The highest BCUT2D eigenvalue weighted by atomic mass is 35.5. The third-order valence-electron chi connectivity index (χ3n) is 3.82. The van der Waals surface area contributed by atoms with Crippen LogP contribution in [0.4, 0.5) is 0 Å². The second-order valence-electron chi connectivity index (χ2n) is 5.88. The molecule has 0 fully saturated rings. The van der Waals surface area contributed by atoms with Crippen LogP contribution in [0.25, 0.3) is 0 Å². The molecule has 6 nitrogen and oxygen atoms in total. The topological polar surface area (TPSA) is 69.0 Å². The Kier molecular flexibility index (Phi) is 5.86. The largest absolute Gasteiger partial charge is 0.484 e. The summed E-state index contributed by atoms with van der Waals surface area (Å²) in [5.41, 5.74) is 3.03. The average Bonchev–Trinajstić information content (AvgIpc) is 3.13. The lowest BCUT2D eigenvalue weighted by Gasteiger charge is -2.10. The Morgan fingerprint density at radius 3 is 2.65 bits per heavy atom. The normalized spacial score (nSPS) is 10.5. The zero-order chi connectivity index (χ0) is 18.4. The van der Waals surface area contributed by atoms with Crippen molar-refractivity contribution in [2.75, 3.05) is 6.61 Å². The summed E-state index contributed by atoms with van der Waals surface area (Å²) in [7, 11) is 0. The zero-order valence-electron chi connectivity index (χ0n) is 14.4. The highest BCUT2D eigenvalue weighted by Gasteiger charge is 2.06. The van der Waals surface area contributed by atoms with Crippen LogP contribution in [-0.4, -0.2) is 27.3 Å². The van der Waals surface area contributed by atoms with Crippen LogP contribution in [0, 0.1) is 6.92 Å². The molecular formula is C19H19ClN4O2. The van der Waals surface area contributed by atoms with Crippen LogP contribution in [0.1, 0.15) is 16.7 Å². The fourth-order valence-corrected chi connectivity index (χ4v) is 2.66. The van der Waals surface area contributed by atoms with E-state index in [1.54, 1.807) is 29.2 Å². The minimum absolute atomic E-state index is 0.0349. The molecule has 7 heteroatoms. The summed E-state index contributed by atoms with van der Waals surface area (Å²) in [5.74, 6) is 0.480. The van der Waals surface area contributed by atoms with Gasteiger partial charge in [0.05, 0.1) is 6.54 Å². The van der Waals surface area contributed by atoms with E-state index in [-0.39, 0.29) is 12.5 Å². The lowest BCUT2D eigenvalue weighted by atomic mass is 10.1. The standard InChI is InChI=1S/C19H19ClN4O2/c1-14-8-17(20)6-7-18(14)26-11-19(25)22-9-15-2-4-16(5-3-15)10-24-13-21-12-23-24/h2-8,12-13H,9-11H2,1H3,(H,22,25). The quantitative estimate of drug-likeness (QED) is 0.694. The van der Waals surface area contributed by atoms with Crippen molar-refractivity contribution in [1.82, 2.24) is 20.1 Å². The maximum Gasteiger partial charge on any atom is 0.258 e. The number of carbonyl (C=O) groups excluding carboxylic acids is 1. The smallest absolute Gasteiger partial charge is 0.258 e. The Morgan fingerprint density at radius 1 is 1.19 bits per heavy atom. The van der Waals surface area contributed by atoms with E-state index in [9.17, 15) is 4.79 Å². The molecule has 3 aromatic rings. The van der Waals surface area contributed by atoms with Gasteiger partial charge >= 0.3 is 0 Å². The molecule has 1 N–H and O–H groups in total. The van der Waals surface area contributed by atoms with Gasteiger partial charge in [-0.15, -0.1) is 0 Å². The van der Waals surface area contributed by atoms with Gasteiger partial charge in [0, 0.05) is 11.6 Å². The van der Waals surface area contributed by atoms with Gasteiger partial charge in [-0.2, -0.15) is 5.10 Å². The first-order valence-electron chi connectivity index (χ1n) is 8.16. The minimum Gasteiger partial charge on any atom is -0.484 e. The third kappa shape index (κ3) is 5.07. The number of nitrogens with one attached hydrogen (secondary N) is 1. The van der Waals surface area contributed by atoms with Gasteiger partial charge in [0.2, 0.25) is 0 Å². The summed E-state index contributed by atoms with van der Waals surface area (Å²) in [6, 6.07) is 13.3. The van der Waals surface area contributed by atoms with E-state index >= 15 is 0 Å². The molecule has 0 spiro atoms. The summed E-state index contributed by atoms with van der Waals surface area (Å²) in [4.78, 5) is 15.9. The van der Waals surface area contributed by atoms with E-state index in [0.29, 0.717) is 23.9 Å². The van der Waals surface area contributed by atoms with Gasteiger partial charge in [-0.3, -0.25) is 4.79 Å². The maximum atomic E-state index is 12.0. The first kappa shape index (κ1) is 17.9. The third-order valence-corrected chi connectivity index (χ3v) is 4.05. The van der Waals surface area contributed by atoms with Gasteiger partial charge in [-0.25, -0.2) is 9.67 Å². The number of hydrogen-bond donors (Lipinski definition) is 1. The van der Waals surface area contributed by atoms with Crippen LogP contribution < -0.4 is 10.1 Å². The van der Waals surface area contributed by atoms with Crippen molar-refractivity contribution in [1.29, 1.82) is 0 Å². The first-order valence-corrected chi connectivity index (χ1v) is 8.54. The molecule has 2 aromatic carbocycles. The van der Waals surface area contributed by atoms with Crippen molar-refractivity contribution in [2.45, 2.75) is 20.0 Å². The van der Waals surface area contributed by atoms with Crippen LogP contribution in [0.5, 0.6) is 5.75 Å². The number of aryl methyl sites for hydroxylation is 1. The Labute approximate surface area is 156 Å². The van der Waals surface area contributed by atoms with Gasteiger partial charge in [0.25, 0.3) is 5.91 Å². The lowest BCUT2D eigenvalue weighted by Crippen LogP contribution is -2.28. The predicted molar refractivity (Wildman–Crippen MR) is 99.1 cm³/mol. The molecule has 0 aliphatic heterocycles. The van der Waals surface area contributed by atoms with Crippen molar-refractivity contribution >= 4 is 17.5 Å². The van der Waals surface area contributed by atoms with Gasteiger partial charge in [-0.1, -0.05) is 35.9 Å². The van der Waals surface area contributed by atoms with Crippen molar-refractivity contribution < 1.29 is 9.53 Å². The van der Waals surface area contributed by atoms with Crippen molar-refractivity contribution in [3.05, 3.63) is 76.8 Å². The molecule has 0 saturated heterocycles. The molecule has 0 radical (unpaired) electrons. The van der Waals surface area contributed by atoms with E-state index in [1.807, 2.05) is 31.2 Å². The van der Waals surface area contributed by atoms with E-state index in [0.717, 1.165) is 16.7 Å². The van der Waals surface area contributed by atoms with Crippen molar-refractivity contribution in [2.24, 2.45) is 0 Å². The second-order valence-corrected chi connectivity index (χ2v) is 6.32. The number of carbonyl (C=O) groups is 1. The molecule has 0 saturated carbocycles. The van der Waals surface area contributed by atoms with Crippen LogP contribution in [0.15, 0.2) is 55.1 Å². The summed E-state index contributed by atoms with van der Waals surface area (Å²) in [6.45, 7) is 2.97. The van der Waals surface area contributed by atoms with Gasteiger partial charge < -0.3 is 10.1 Å². The molecule has 0 aliphatic rings. The molecule has 0 aliphatic carbocycles. The van der Waals surface area contributed by atoms with Crippen molar-refractivity contribution in [3.63, 3.8) is 0 Å². The van der Waals surface area contributed by atoms with Crippen LogP contribution in [-0.2, 0) is 17.9 Å². The number of benzene rings is 2. The fourth-order valence-electron chi connectivity index (χ4n) is 2.43. The highest BCUT2D eigenvalue weighted by Crippen LogP contribution is 2.21. The van der Waals surface area contributed by atoms with Crippen LogP contribution in [0.3, 0.4) is 0 Å². The lowest BCUT2D eigenvalue weighted by molar-refractivity contribution is -0.123.